The molecule has 1 aliphatic heterocycles. The zero-order chi connectivity index (χ0) is 11.5. The summed E-state index contributed by atoms with van der Waals surface area (Å²) in [5.41, 5.74) is 6.83. The lowest BCUT2D eigenvalue weighted by Gasteiger charge is -2.27. The number of anilines is 2. The van der Waals surface area contributed by atoms with Crippen LogP contribution in [0.3, 0.4) is 0 Å². The van der Waals surface area contributed by atoms with Crippen LogP contribution in [-0.2, 0) is 0 Å². The highest BCUT2D eigenvalue weighted by molar-refractivity contribution is 5.51. The number of pyridine rings is 1. The van der Waals surface area contributed by atoms with Crippen molar-refractivity contribution in [1.82, 2.24) is 9.88 Å². The number of likely N-dealkylation sites (N-methyl/N-ethyl adjacent to an activating group) is 2. The molecule has 0 aromatic carbocycles. The molecule has 2 rings (SSSR count). The van der Waals surface area contributed by atoms with Crippen LogP contribution in [0.5, 0.6) is 0 Å². The molecule has 1 fully saturated rings. The van der Waals surface area contributed by atoms with Gasteiger partial charge in [-0.1, -0.05) is 0 Å². The van der Waals surface area contributed by atoms with Gasteiger partial charge in [-0.15, -0.1) is 0 Å². The molecule has 0 spiro atoms. The van der Waals surface area contributed by atoms with Crippen LogP contribution in [0.2, 0.25) is 0 Å². The first-order valence-corrected chi connectivity index (χ1v) is 5.80. The van der Waals surface area contributed by atoms with Gasteiger partial charge in [0.05, 0.1) is 0 Å². The Hall–Kier alpha value is -1.29. The molecule has 4 heteroatoms. The van der Waals surface area contributed by atoms with Crippen LogP contribution in [-0.4, -0.2) is 43.1 Å². The molecule has 16 heavy (non-hydrogen) atoms. The van der Waals surface area contributed by atoms with Crippen molar-refractivity contribution in [2.75, 3.05) is 37.8 Å². The van der Waals surface area contributed by atoms with Crippen LogP contribution in [0.25, 0.3) is 0 Å². The number of likely N-dealkylation sites (tertiary alicyclic amines) is 1. The lowest BCUT2D eigenvalue weighted by atomic mass is 10.2. The minimum atomic E-state index is 0.587. The monoisotopic (exact) mass is 220 g/mol. The number of nitrogens with zero attached hydrogens (tertiary/aromatic N) is 3. The summed E-state index contributed by atoms with van der Waals surface area (Å²) >= 11 is 0. The van der Waals surface area contributed by atoms with Gasteiger partial charge in [-0.05, 0) is 32.5 Å². The van der Waals surface area contributed by atoms with Crippen LogP contribution < -0.4 is 10.6 Å². The molecule has 1 aromatic rings. The van der Waals surface area contributed by atoms with Crippen molar-refractivity contribution in [2.45, 2.75) is 18.9 Å². The summed E-state index contributed by atoms with van der Waals surface area (Å²) in [7, 11) is 4.31. The Labute approximate surface area is 97.1 Å². The van der Waals surface area contributed by atoms with Gasteiger partial charge < -0.3 is 15.5 Å². The quantitative estimate of drug-likeness (QED) is 0.831. The number of hydrogen-bond donors (Lipinski definition) is 1. The molecule has 2 heterocycles. The number of rotatable bonds is 3. The van der Waals surface area contributed by atoms with E-state index in [1.807, 2.05) is 12.1 Å². The molecule has 88 valence electrons. The normalized spacial score (nSPS) is 21.2. The van der Waals surface area contributed by atoms with Crippen molar-refractivity contribution in [3.63, 3.8) is 0 Å². The van der Waals surface area contributed by atoms with Crippen LogP contribution in [0.4, 0.5) is 11.5 Å². The first-order chi connectivity index (χ1) is 7.66. The second-order valence-electron chi connectivity index (χ2n) is 4.60. The van der Waals surface area contributed by atoms with Crippen LogP contribution in [0.1, 0.15) is 12.8 Å². The van der Waals surface area contributed by atoms with Crippen molar-refractivity contribution in [1.29, 1.82) is 0 Å². The van der Waals surface area contributed by atoms with Gasteiger partial charge in [-0.2, -0.15) is 0 Å². The van der Waals surface area contributed by atoms with Gasteiger partial charge in [0.2, 0.25) is 0 Å². The minimum Gasteiger partial charge on any atom is -0.384 e. The zero-order valence-corrected chi connectivity index (χ0v) is 10.1. The average Bonchev–Trinajstić information content (AvgIpc) is 2.64. The number of hydrogen-bond acceptors (Lipinski definition) is 4. The molecule has 0 saturated carbocycles. The maximum atomic E-state index is 5.68. The third-order valence-corrected chi connectivity index (χ3v) is 3.36. The minimum absolute atomic E-state index is 0.587. The van der Waals surface area contributed by atoms with Gasteiger partial charge in [0.1, 0.15) is 5.82 Å². The fraction of sp³-hybridized carbons (Fsp3) is 0.583. The third kappa shape index (κ3) is 2.44. The van der Waals surface area contributed by atoms with Crippen LogP contribution in [0, 0.1) is 0 Å². The van der Waals surface area contributed by atoms with Crippen molar-refractivity contribution < 1.29 is 0 Å². The molecule has 0 bridgehead atoms. The first kappa shape index (κ1) is 11.2. The Kier molecular flexibility index (Phi) is 3.29. The van der Waals surface area contributed by atoms with E-state index in [2.05, 4.69) is 28.9 Å². The van der Waals surface area contributed by atoms with E-state index < -0.39 is 0 Å². The largest absolute Gasteiger partial charge is 0.384 e. The lowest BCUT2D eigenvalue weighted by molar-refractivity contribution is 0.314. The highest BCUT2D eigenvalue weighted by atomic mass is 15.2. The molecule has 4 nitrogen and oxygen atoms in total. The third-order valence-electron chi connectivity index (χ3n) is 3.36. The topological polar surface area (TPSA) is 45.4 Å². The van der Waals surface area contributed by atoms with Gasteiger partial charge in [0.15, 0.2) is 0 Å². The molecule has 0 radical (unpaired) electrons. The van der Waals surface area contributed by atoms with Gasteiger partial charge in [-0.25, -0.2) is 4.98 Å². The van der Waals surface area contributed by atoms with E-state index in [-0.39, 0.29) is 0 Å². The fourth-order valence-corrected chi connectivity index (χ4v) is 2.31. The molecule has 1 aromatic heterocycles. The zero-order valence-electron chi connectivity index (χ0n) is 10.1. The summed E-state index contributed by atoms with van der Waals surface area (Å²) < 4.78 is 0. The Morgan fingerprint density at radius 3 is 3.06 bits per heavy atom. The van der Waals surface area contributed by atoms with Crippen molar-refractivity contribution in [3.8, 4) is 0 Å². The molecule has 1 aliphatic rings. The summed E-state index contributed by atoms with van der Waals surface area (Å²) in [6.45, 7) is 2.27. The summed E-state index contributed by atoms with van der Waals surface area (Å²) in [6.07, 6.45) is 4.37. The predicted octanol–water partition coefficient (Wildman–Crippen LogP) is 1.19. The predicted molar refractivity (Wildman–Crippen MR) is 67.6 cm³/mol. The molecular formula is C12H20N4. The molecule has 1 unspecified atom stereocenters. The highest BCUT2D eigenvalue weighted by Gasteiger charge is 2.22. The van der Waals surface area contributed by atoms with Gasteiger partial charge in [0, 0.05) is 37.6 Å². The number of aromatic nitrogens is 1. The average molecular weight is 220 g/mol. The van der Waals surface area contributed by atoms with E-state index in [0.717, 1.165) is 12.2 Å². The van der Waals surface area contributed by atoms with Gasteiger partial charge in [-0.3, -0.25) is 0 Å². The number of nitrogens with two attached hydrogens (primary N) is 1. The van der Waals surface area contributed by atoms with Crippen molar-refractivity contribution >= 4 is 11.5 Å². The molecular weight excluding hydrogens is 200 g/mol. The standard InChI is InChI=1S/C12H20N4/c1-15-7-3-4-11(15)9-16(2)10-5-6-14-12(13)8-10/h5-6,8,11H,3-4,7,9H2,1-2H3,(H2,13,14). The van der Waals surface area contributed by atoms with Crippen LogP contribution in [0.15, 0.2) is 18.3 Å². The highest BCUT2D eigenvalue weighted by Crippen LogP contribution is 2.19. The smallest absolute Gasteiger partial charge is 0.125 e. The number of nitrogen functional groups attached to an aromatic ring is 1. The van der Waals surface area contributed by atoms with E-state index in [1.165, 1.54) is 19.4 Å². The molecule has 1 atom stereocenters. The maximum absolute atomic E-state index is 5.68. The lowest BCUT2D eigenvalue weighted by Crippen LogP contribution is -2.36. The molecule has 0 aliphatic carbocycles. The summed E-state index contributed by atoms with van der Waals surface area (Å²) in [5, 5.41) is 0. The first-order valence-electron chi connectivity index (χ1n) is 5.80. The Morgan fingerprint density at radius 2 is 2.44 bits per heavy atom. The fourth-order valence-electron chi connectivity index (χ4n) is 2.31. The Morgan fingerprint density at radius 1 is 1.62 bits per heavy atom. The van der Waals surface area contributed by atoms with Crippen molar-refractivity contribution in [3.05, 3.63) is 18.3 Å². The second-order valence-corrected chi connectivity index (χ2v) is 4.60. The van der Waals surface area contributed by atoms with Gasteiger partial charge >= 0.3 is 0 Å². The van der Waals surface area contributed by atoms with E-state index in [9.17, 15) is 0 Å². The second kappa shape index (κ2) is 4.70. The van der Waals surface area contributed by atoms with E-state index in [1.54, 1.807) is 6.20 Å². The summed E-state index contributed by atoms with van der Waals surface area (Å²) in [4.78, 5) is 8.70. The molecule has 0 amide bonds. The Bertz CT molecular complexity index is 353. The van der Waals surface area contributed by atoms with Gasteiger partial charge in [0.25, 0.3) is 0 Å². The Balaban J connectivity index is 1.99. The van der Waals surface area contributed by atoms with E-state index >= 15 is 0 Å². The SMILES string of the molecule is CN(CC1CCCN1C)c1ccnc(N)c1. The molecule has 2 N–H and O–H groups in total. The van der Waals surface area contributed by atoms with E-state index in [0.29, 0.717) is 11.9 Å². The van der Waals surface area contributed by atoms with Crippen molar-refractivity contribution in [2.24, 2.45) is 0 Å². The summed E-state index contributed by atoms with van der Waals surface area (Å²) in [6, 6.07) is 4.60. The van der Waals surface area contributed by atoms with E-state index in [4.69, 9.17) is 5.73 Å². The van der Waals surface area contributed by atoms with Crippen LogP contribution >= 0.6 is 0 Å². The maximum Gasteiger partial charge on any atom is 0.125 e. The molecule has 1 saturated heterocycles. The summed E-state index contributed by atoms with van der Waals surface area (Å²) in [5.74, 6) is 0.587.